The average molecular weight is 277 g/mol. The normalized spacial score (nSPS) is 11.6. The number of carbonyl (C=O) groups excluding carboxylic acids is 1. The first-order chi connectivity index (χ1) is 9.40. The first-order valence-electron chi connectivity index (χ1n) is 5.93. The smallest absolute Gasteiger partial charge is 0.271 e. The van der Waals surface area contributed by atoms with E-state index in [1.807, 2.05) is 6.07 Å². The Morgan fingerprint density at radius 3 is 2.60 bits per heavy atom. The number of methoxy groups -OCH3 is 1. The Morgan fingerprint density at radius 2 is 2.15 bits per heavy atom. The van der Waals surface area contributed by atoms with E-state index in [2.05, 4.69) is 5.32 Å². The van der Waals surface area contributed by atoms with E-state index in [4.69, 9.17) is 10.00 Å². The molecule has 1 amide bonds. The van der Waals surface area contributed by atoms with Crippen LogP contribution in [0.5, 0.6) is 5.75 Å². The molecular formula is C13H15N3O4. The summed E-state index contributed by atoms with van der Waals surface area (Å²) in [5, 5.41) is 22.2. The fourth-order valence-electron chi connectivity index (χ4n) is 1.63. The molecule has 1 rings (SSSR count). The summed E-state index contributed by atoms with van der Waals surface area (Å²) >= 11 is 0. The van der Waals surface area contributed by atoms with Crippen LogP contribution >= 0.6 is 0 Å². The molecule has 7 nitrogen and oxygen atoms in total. The van der Waals surface area contributed by atoms with E-state index < -0.39 is 16.7 Å². The van der Waals surface area contributed by atoms with Crippen molar-refractivity contribution in [2.45, 2.75) is 13.8 Å². The third-order valence-corrected chi connectivity index (χ3v) is 2.74. The van der Waals surface area contributed by atoms with E-state index in [0.717, 1.165) is 0 Å². The van der Waals surface area contributed by atoms with E-state index >= 15 is 0 Å². The molecule has 1 atom stereocenters. The number of carbonyl (C=O) groups is 1. The molecule has 0 fully saturated rings. The molecule has 20 heavy (non-hydrogen) atoms. The number of ether oxygens (including phenoxy) is 1. The number of nitro benzene ring substituents is 1. The highest BCUT2D eigenvalue weighted by atomic mass is 16.6. The van der Waals surface area contributed by atoms with Crippen LogP contribution < -0.4 is 10.1 Å². The molecule has 1 N–H and O–H groups in total. The maximum Gasteiger partial charge on any atom is 0.271 e. The van der Waals surface area contributed by atoms with Crippen molar-refractivity contribution in [1.82, 2.24) is 0 Å². The number of hydrogen-bond acceptors (Lipinski definition) is 5. The Labute approximate surface area is 116 Å². The maximum absolute atomic E-state index is 12.0. The van der Waals surface area contributed by atoms with Gasteiger partial charge in [0, 0.05) is 12.1 Å². The van der Waals surface area contributed by atoms with Crippen LogP contribution in [0.1, 0.15) is 13.8 Å². The lowest BCUT2D eigenvalue weighted by Crippen LogP contribution is -2.25. The Bertz CT molecular complexity index is 563. The fourth-order valence-corrected chi connectivity index (χ4v) is 1.63. The van der Waals surface area contributed by atoms with Crippen molar-refractivity contribution < 1.29 is 14.5 Å². The second kappa shape index (κ2) is 6.52. The van der Waals surface area contributed by atoms with Crippen molar-refractivity contribution in [3.8, 4) is 11.8 Å². The highest BCUT2D eigenvalue weighted by Crippen LogP contribution is 2.29. The third-order valence-electron chi connectivity index (χ3n) is 2.74. The zero-order chi connectivity index (χ0) is 15.3. The Morgan fingerprint density at radius 1 is 1.50 bits per heavy atom. The number of anilines is 1. The van der Waals surface area contributed by atoms with Gasteiger partial charge in [0.25, 0.3) is 5.69 Å². The van der Waals surface area contributed by atoms with E-state index in [9.17, 15) is 14.9 Å². The molecule has 0 aliphatic carbocycles. The Kier molecular flexibility index (Phi) is 5.03. The van der Waals surface area contributed by atoms with Crippen LogP contribution in [0, 0.1) is 33.3 Å². The van der Waals surface area contributed by atoms with Crippen LogP contribution in [0.2, 0.25) is 0 Å². The molecule has 7 heteroatoms. The van der Waals surface area contributed by atoms with Gasteiger partial charge in [-0.25, -0.2) is 0 Å². The zero-order valence-electron chi connectivity index (χ0n) is 11.4. The van der Waals surface area contributed by atoms with Crippen LogP contribution in [-0.4, -0.2) is 17.9 Å². The molecule has 0 radical (unpaired) electrons. The summed E-state index contributed by atoms with van der Waals surface area (Å²) in [5.74, 6) is -1.21. The second-order valence-corrected chi connectivity index (χ2v) is 4.48. The lowest BCUT2D eigenvalue weighted by Gasteiger charge is -2.14. The van der Waals surface area contributed by atoms with Crippen molar-refractivity contribution in [2.75, 3.05) is 12.4 Å². The van der Waals surface area contributed by atoms with Gasteiger partial charge in [-0.2, -0.15) is 5.26 Å². The van der Waals surface area contributed by atoms with E-state index in [1.54, 1.807) is 13.8 Å². The lowest BCUT2D eigenvalue weighted by atomic mass is 9.96. The van der Waals surface area contributed by atoms with Gasteiger partial charge < -0.3 is 10.1 Å². The number of nitrogens with zero attached hydrogens (tertiary/aromatic N) is 2. The molecule has 1 aromatic carbocycles. The second-order valence-electron chi connectivity index (χ2n) is 4.48. The quantitative estimate of drug-likeness (QED) is 0.656. The number of hydrogen-bond donors (Lipinski definition) is 1. The van der Waals surface area contributed by atoms with Crippen LogP contribution in [0.25, 0.3) is 0 Å². The molecule has 0 heterocycles. The highest BCUT2D eigenvalue weighted by molar-refractivity contribution is 5.95. The summed E-state index contributed by atoms with van der Waals surface area (Å²) in [4.78, 5) is 22.1. The topological polar surface area (TPSA) is 105 Å². The molecule has 0 aliphatic heterocycles. The number of nitro groups is 1. The molecule has 0 spiro atoms. The van der Waals surface area contributed by atoms with Gasteiger partial charge >= 0.3 is 0 Å². The predicted octanol–water partition coefficient (Wildman–Crippen LogP) is 2.34. The van der Waals surface area contributed by atoms with Crippen molar-refractivity contribution in [3.05, 3.63) is 28.3 Å². The van der Waals surface area contributed by atoms with Gasteiger partial charge in [-0.1, -0.05) is 13.8 Å². The van der Waals surface area contributed by atoms with Gasteiger partial charge in [0.05, 0.1) is 23.8 Å². The minimum atomic E-state index is -0.834. The highest BCUT2D eigenvalue weighted by Gasteiger charge is 2.23. The zero-order valence-corrected chi connectivity index (χ0v) is 11.4. The summed E-state index contributed by atoms with van der Waals surface area (Å²) < 4.78 is 5.03. The molecule has 0 aromatic heterocycles. The molecular weight excluding hydrogens is 262 g/mol. The minimum absolute atomic E-state index is 0.162. The van der Waals surface area contributed by atoms with E-state index in [0.29, 0.717) is 5.75 Å². The lowest BCUT2D eigenvalue weighted by molar-refractivity contribution is -0.384. The van der Waals surface area contributed by atoms with Gasteiger partial charge in [0.1, 0.15) is 11.7 Å². The molecule has 0 saturated carbocycles. The summed E-state index contributed by atoms with van der Waals surface area (Å²) in [6.45, 7) is 3.50. The summed E-state index contributed by atoms with van der Waals surface area (Å²) in [6.07, 6.45) is 0. The molecule has 1 aromatic rings. The minimum Gasteiger partial charge on any atom is -0.495 e. The SMILES string of the molecule is COc1ccc([N+](=O)[O-])cc1NC(=O)C(C#N)C(C)C. The van der Waals surface area contributed by atoms with Gasteiger partial charge in [-0.3, -0.25) is 14.9 Å². The maximum atomic E-state index is 12.0. The number of benzene rings is 1. The number of nitrogens with one attached hydrogen (secondary N) is 1. The Balaban J connectivity index is 3.07. The third kappa shape index (κ3) is 3.45. The number of rotatable bonds is 5. The monoisotopic (exact) mass is 277 g/mol. The first-order valence-corrected chi connectivity index (χ1v) is 5.93. The molecule has 1 unspecified atom stereocenters. The van der Waals surface area contributed by atoms with Crippen molar-refractivity contribution >= 4 is 17.3 Å². The standard InChI is InChI=1S/C13H15N3O4/c1-8(2)10(7-14)13(17)15-11-6-9(16(18)19)4-5-12(11)20-3/h4-6,8,10H,1-3H3,(H,15,17). The number of non-ortho nitro benzene ring substituents is 1. The van der Waals surface area contributed by atoms with Crippen molar-refractivity contribution in [2.24, 2.45) is 11.8 Å². The number of nitriles is 1. The van der Waals surface area contributed by atoms with Gasteiger partial charge in [-0.15, -0.1) is 0 Å². The first kappa shape index (κ1) is 15.4. The predicted molar refractivity (Wildman–Crippen MR) is 72.2 cm³/mol. The van der Waals surface area contributed by atoms with Crippen LogP contribution in [0.15, 0.2) is 18.2 Å². The molecule has 106 valence electrons. The summed E-state index contributed by atoms with van der Waals surface area (Å²) in [6, 6.07) is 5.78. The van der Waals surface area contributed by atoms with Crippen LogP contribution in [-0.2, 0) is 4.79 Å². The summed E-state index contributed by atoms with van der Waals surface area (Å²) in [5.41, 5.74) is 0.00625. The van der Waals surface area contributed by atoms with Gasteiger partial charge in [0.15, 0.2) is 0 Å². The van der Waals surface area contributed by atoms with Crippen LogP contribution in [0.4, 0.5) is 11.4 Å². The molecule has 0 aliphatic rings. The van der Waals surface area contributed by atoms with Crippen molar-refractivity contribution in [1.29, 1.82) is 5.26 Å². The van der Waals surface area contributed by atoms with Gasteiger partial charge in [0.2, 0.25) is 5.91 Å². The largest absolute Gasteiger partial charge is 0.495 e. The Hall–Kier alpha value is -2.62. The molecule has 0 saturated heterocycles. The van der Waals surface area contributed by atoms with E-state index in [-0.39, 0.29) is 17.3 Å². The van der Waals surface area contributed by atoms with Gasteiger partial charge in [-0.05, 0) is 12.0 Å². The fraction of sp³-hybridized carbons (Fsp3) is 0.385. The number of amides is 1. The van der Waals surface area contributed by atoms with Crippen LogP contribution in [0.3, 0.4) is 0 Å². The van der Waals surface area contributed by atoms with E-state index in [1.165, 1.54) is 25.3 Å². The molecule has 0 bridgehead atoms. The summed E-state index contributed by atoms with van der Waals surface area (Å²) in [7, 11) is 1.39. The average Bonchev–Trinajstić information content (AvgIpc) is 2.38. The van der Waals surface area contributed by atoms with Crippen molar-refractivity contribution in [3.63, 3.8) is 0 Å².